The molecule has 0 saturated heterocycles. The number of carbonyl (C=O) groups is 1. The van der Waals surface area contributed by atoms with E-state index in [1.54, 1.807) is 30.3 Å². The molecule has 0 aliphatic heterocycles. The van der Waals surface area contributed by atoms with Crippen LogP contribution in [0.5, 0.6) is 5.75 Å². The van der Waals surface area contributed by atoms with Crippen molar-refractivity contribution in [3.63, 3.8) is 0 Å². The van der Waals surface area contributed by atoms with Crippen molar-refractivity contribution >= 4 is 23.0 Å². The molecule has 6 heteroatoms. The SMILES string of the molecule is COc1ccc2c(COC(=O)C=Cc3ccco3)cc(=O)oc2c1. The summed E-state index contributed by atoms with van der Waals surface area (Å²) in [5.41, 5.74) is 0.413. The second-order valence-electron chi connectivity index (χ2n) is 4.91. The molecule has 0 unspecified atom stereocenters. The van der Waals surface area contributed by atoms with Gasteiger partial charge in [-0.3, -0.25) is 0 Å². The van der Waals surface area contributed by atoms with Gasteiger partial charge < -0.3 is 18.3 Å². The van der Waals surface area contributed by atoms with Crippen LogP contribution in [0.4, 0.5) is 0 Å². The maximum atomic E-state index is 11.8. The molecule has 0 bridgehead atoms. The summed E-state index contributed by atoms with van der Waals surface area (Å²) >= 11 is 0. The minimum Gasteiger partial charge on any atom is -0.497 e. The van der Waals surface area contributed by atoms with Gasteiger partial charge in [0.15, 0.2) is 0 Å². The number of esters is 1. The van der Waals surface area contributed by atoms with Crippen LogP contribution in [-0.2, 0) is 16.1 Å². The molecule has 0 spiro atoms. The topological polar surface area (TPSA) is 78.9 Å². The van der Waals surface area contributed by atoms with Crippen LogP contribution < -0.4 is 10.4 Å². The number of hydrogen-bond acceptors (Lipinski definition) is 6. The first-order chi connectivity index (χ1) is 11.7. The maximum absolute atomic E-state index is 11.8. The van der Waals surface area contributed by atoms with Crippen LogP contribution in [-0.4, -0.2) is 13.1 Å². The van der Waals surface area contributed by atoms with E-state index in [9.17, 15) is 9.59 Å². The van der Waals surface area contributed by atoms with E-state index in [1.807, 2.05) is 0 Å². The molecule has 0 amide bonds. The summed E-state index contributed by atoms with van der Waals surface area (Å²) in [6.45, 7) is -0.0459. The normalized spacial score (nSPS) is 11.0. The molecule has 0 saturated carbocycles. The van der Waals surface area contributed by atoms with Gasteiger partial charge in [0.1, 0.15) is 23.7 Å². The fourth-order valence-electron chi connectivity index (χ4n) is 2.19. The minimum atomic E-state index is -0.540. The Bertz CT molecular complexity index is 934. The van der Waals surface area contributed by atoms with Crippen LogP contribution in [0.1, 0.15) is 11.3 Å². The molecular weight excluding hydrogens is 312 g/mol. The summed E-state index contributed by atoms with van der Waals surface area (Å²) in [5.74, 6) is 0.576. The Kier molecular flexibility index (Phi) is 4.47. The Morgan fingerprint density at radius 1 is 1.25 bits per heavy atom. The summed E-state index contributed by atoms with van der Waals surface area (Å²) in [6, 6.07) is 9.84. The first kappa shape index (κ1) is 15.6. The molecule has 0 aliphatic rings. The molecule has 3 aromatic rings. The Labute approximate surface area is 136 Å². The summed E-state index contributed by atoms with van der Waals surface area (Å²) in [7, 11) is 1.52. The van der Waals surface area contributed by atoms with Crippen molar-refractivity contribution in [2.45, 2.75) is 6.61 Å². The van der Waals surface area contributed by atoms with Gasteiger partial charge in [-0.15, -0.1) is 0 Å². The lowest BCUT2D eigenvalue weighted by Crippen LogP contribution is -2.05. The molecular formula is C18H14O6. The summed E-state index contributed by atoms with van der Waals surface area (Å²) in [5, 5.41) is 0.679. The van der Waals surface area contributed by atoms with Gasteiger partial charge in [0, 0.05) is 29.2 Å². The third-order valence-electron chi connectivity index (χ3n) is 3.33. The van der Waals surface area contributed by atoms with Gasteiger partial charge in [-0.05, 0) is 30.3 Å². The number of methoxy groups -OCH3 is 1. The first-order valence-corrected chi connectivity index (χ1v) is 7.15. The van der Waals surface area contributed by atoms with Crippen LogP contribution in [0.25, 0.3) is 17.0 Å². The predicted molar refractivity (Wildman–Crippen MR) is 86.6 cm³/mol. The lowest BCUT2D eigenvalue weighted by molar-refractivity contribution is -0.138. The fraction of sp³-hybridized carbons (Fsp3) is 0.111. The van der Waals surface area contributed by atoms with Crippen LogP contribution in [0.15, 0.2) is 62.4 Å². The molecule has 1 aromatic carbocycles. The molecule has 122 valence electrons. The Morgan fingerprint density at radius 3 is 2.88 bits per heavy atom. The van der Waals surface area contributed by atoms with E-state index in [-0.39, 0.29) is 6.61 Å². The number of ether oxygens (including phenoxy) is 2. The number of hydrogen-bond donors (Lipinski definition) is 0. The lowest BCUT2D eigenvalue weighted by atomic mass is 10.1. The van der Waals surface area contributed by atoms with Crippen LogP contribution in [0, 0.1) is 0 Å². The van der Waals surface area contributed by atoms with Crippen molar-refractivity contribution < 1.29 is 23.1 Å². The van der Waals surface area contributed by atoms with Gasteiger partial charge >= 0.3 is 11.6 Å². The molecule has 24 heavy (non-hydrogen) atoms. The van der Waals surface area contributed by atoms with Crippen molar-refractivity contribution in [3.05, 3.63) is 70.5 Å². The number of benzene rings is 1. The Balaban J connectivity index is 1.77. The van der Waals surface area contributed by atoms with E-state index in [2.05, 4.69) is 0 Å². The average Bonchev–Trinajstić information content (AvgIpc) is 3.10. The first-order valence-electron chi connectivity index (χ1n) is 7.15. The zero-order valence-corrected chi connectivity index (χ0v) is 12.9. The zero-order valence-electron chi connectivity index (χ0n) is 12.9. The number of fused-ring (bicyclic) bond motifs is 1. The van der Waals surface area contributed by atoms with E-state index in [1.165, 1.54) is 31.6 Å². The third-order valence-corrected chi connectivity index (χ3v) is 3.33. The summed E-state index contributed by atoms with van der Waals surface area (Å²) in [6.07, 6.45) is 4.27. The van der Waals surface area contributed by atoms with Gasteiger partial charge in [-0.1, -0.05) is 0 Å². The fourth-order valence-corrected chi connectivity index (χ4v) is 2.19. The van der Waals surface area contributed by atoms with Crippen LogP contribution in [0.2, 0.25) is 0 Å². The van der Waals surface area contributed by atoms with E-state index >= 15 is 0 Å². The van der Waals surface area contributed by atoms with Gasteiger partial charge in [0.25, 0.3) is 0 Å². The zero-order chi connectivity index (χ0) is 16.9. The van der Waals surface area contributed by atoms with E-state index in [0.29, 0.717) is 28.0 Å². The second kappa shape index (κ2) is 6.87. The lowest BCUT2D eigenvalue weighted by Gasteiger charge is -2.07. The monoisotopic (exact) mass is 326 g/mol. The highest BCUT2D eigenvalue weighted by molar-refractivity contribution is 5.87. The maximum Gasteiger partial charge on any atom is 0.336 e. The van der Waals surface area contributed by atoms with Gasteiger partial charge in [0.05, 0.1) is 13.4 Å². The molecule has 6 nitrogen and oxygen atoms in total. The number of carbonyl (C=O) groups excluding carboxylic acids is 1. The van der Waals surface area contributed by atoms with Gasteiger partial charge in [-0.25, -0.2) is 9.59 Å². The van der Waals surface area contributed by atoms with E-state index in [4.69, 9.17) is 18.3 Å². The quantitative estimate of drug-likeness (QED) is 0.407. The molecule has 2 heterocycles. The second-order valence-corrected chi connectivity index (χ2v) is 4.91. The number of rotatable bonds is 5. The van der Waals surface area contributed by atoms with Gasteiger partial charge in [0.2, 0.25) is 0 Å². The standard InChI is InChI=1S/C18H14O6/c1-21-14-4-6-15-12(9-18(20)24-16(15)10-14)11-23-17(19)7-5-13-3-2-8-22-13/h2-10H,11H2,1H3. The summed E-state index contributed by atoms with van der Waals surface area (Å²) in [4.78, 5) is 23.4. The highest BCUT2D eigenvalue weighted by Gasteiger charge is 2.09. The molecule has 3 rings (SSSR count). The molecule has 0 radical (unpaired) electrons. The molecule has 0 N–H and O–H groups in total. The van der Waals surface area contributed by atoms with E-state index in [0.717, 1.165) is 0 Å². The molecule has 0 aliphatic carbocycles. The molecule has 2 aromatic heterocycles. The van der Waals surface area contributed by atoms with Crippen molar-refractivity contribution in [2.75, 3.05) is 7.11 Å². The van der Waals surface area contributed by atoms with Gasteiger partial charge in [-0.2, -0.15) is 0 Å². The predicted octanol–water partition coefficient (Wildman–Crippen LogP) is 3.15. The highest BCUT2D eigenvalue weighted by Crippen LogP contribution is 2.23. The third kappa shape index (κ3) is 3.55. The smallest absolute Gasteiger partial charge is 0.336 e. The van der Waals surface area contributed by atoms with Crippen molar-refractivity contribution in [1.29, 1.82) is 0 Å². The van der Waals surface area contributed by atoms with Crippen molar-refractivity contribution in [2.24, 2.45) is 0 Å². The summed E-state index contributed by atoms with van der Waals surface area (Å²) < 4.78 is 20.5. The van der Waals surface area contributed by atoms with E-state index < -0.39 is 11.6 Å². The number of furan rings is 1. The van der Waals surface area contributed by atoms with Crippen molar-refractivity contribution in [1.82, 2.24) is 0 Å². The Morgan fingerprint density at radius 2 is 2.12 bits per heavy atom. The largest absolute Gasteiger partial charge is 0.497 e. The average molecular weight is 326 g/mol. The van der Waals surface area contributed by atoms with Crippen LogP contribution in [0.3, 0.4) is 0 Å². The van der Waals surface area contributed by atoms with Crippen LogP contribution >= 0.6 is 0 Å². The minimum absolute atomic E-state index is 0.0459. The Hall–Kier alpha value is -3.28. The molecule has 0 fully saturated rings. The molecule has 0 atom stereocenters. The van der Waals surface area contributed by atoms with Crippen molar-refractivity contribution in [3.8, 4) is 5.75 Å². The highest BCUT2D eigenvalue weighted by atomic mass is 16.5.